The summed E-state index contributed by atoms with van der Waals surface area (Å²) < 4.78 is 15.5. The van der Waals surface area contributed by atoms with Crippen LogP contribution in [-0.2, 0) is 11.0 Å². The monoisotopic (exact) mass is 326 g/mol. The van der Waals surface area contributed by atoms with Gasteiger partial charge in [0.1, 0.15) is 0 Å². The summed E-state index contributed by atoms with van der Waals surface area (Å²) in [7, 11) is -1.30. The van der Waals surface area contributed by atoms with Crippen LogP contribution in [0.4, 0.5) is 0 Å². The van der Waals surface area contributed by atoms with Gasteiger partial charge in [-0.2, -0.15) is 5.10 Å². The highest BCUT2D eigenvalue weighted by molar-refractivity contribution is 7.83. The summed E-state index contributed by atoms with van der Waals surface area (Å²) >= 11 is 1.66. The van der Waals surface area contributed by atoms with Crippen molar-refractivity contribution in [3.8, 4) is 0 Å². The SMILES string of the molecule is CCN=C(NS(=O)c1cc(C)sc1C)N1CC(CC)C=N1. The Morgan fingerprint density at radius 1 is 1.57 bits per heavy atom. The molecule has 0 bridgehead atoms. The summed E-state index contributed by atoms with van der Waals surface area (Å²) in [5, 5.41) is 6.17. The Hall–Kier alpha value is -1.21. The number of hydrogen-bond acceptors (Lipinski definition) is 4. The van der Waals surface area contributed by atoms with Crippen LogP contribution in [0.1, 0.15) is 30.0 Å². The number of rotatable bonds is 4. The van der Waals surface area contributed by atoms with Crippen molar-refractivity contribution >= 4 is 34.5 Å². The topological polar surface area (TPSA) is 57.1 Å². The van der Waals surface area contributed by atoms with Crippen LogP contribution in [0.3, 0.4) is 0 Å². The molecular formula is C14H22N4OS2. The molecule has 116 valence electrons. The maximum atomic E-state index is 12.5. The zero-order valence-corrected chi connectivity index (χ0v) is 14.6. The average Bonchev–Trinajstić information content (AvgIpc) is 3.04. The van der Waals surface area contributed by atoms with E-state index < -0.39 is 11.0 Å². The van der Waals surface area contributed by atoms with Gasteiger partial charge in [-0.25, -0.2) is 9.22 Å². The van der Waals surface area contributed by atoms with E-state index >= 15 is 0 Å². The Morgan fingerprint density at radius 3 is 2.86 bits per heavy atom. The Morgan fingerprint density at radius 2 is 2.33 bits per heavy atom. The van der Waals surface area contributed by atoms with Crippen LogP contribution in [0, 0.1) is 19.8 Å². The molecule has 1 aromatic heterocycles. The van der Waals surface area contributed by atoms with Crippen LogP contribution in [0.25, 0.3) is 0 Å². The number of aryl methyl sites for hydroxylation is 2. The van der Waals surface area contributed by atoms with E-state index in [-0.39, 0.29) is 0 Å². The fraction of sp³-hybridized carbons (Fsp3) is 0.571. The van der Waals surface area contributed by atoms with Crippen molar-refractivity contribution in [2.75, 3.05) is 13.1 Å². The third kappa shape index (κ3) is 3.91. The van der Waals surface area contributed by atoms with Crippen molar-refractivity contribution < 1.29 is 4.21 Å². The molecule has 0 fully saturated rings. The maximum absolute atomic E-state index is 12.5. The van der Waals surface area contributed by atoms with Gasteiger partial charge in [0.25, 0.3) is 0 Å². The van der Waals surface area contributed by atoms with Gasteiger partial charge in [0.05, 0.1) is 11.4 Å². The van der Waals surface area contributed by atoms with E-state index in [1.165, 1.54) is 0 Å². The largest absolute Gasteiger partial charge is 0.270 e. The van der Waals surface area contributed by atoms with E-state index in [2.05, 4.69) is 21.7 Å². The fourth-order valence-electron chi connectivity index (χ4n) is 2.11. The number of hydrogen-bond donors (Lipinski definition) is 1. The molecule has 0 radical (unpaired) electrons. The first-order chi connectivity index (χ1) is 10.0. The fourth-order valence-corrected chi connectivity index (χ4v) is 4.35. The molecule has 2 unspecified atom stereocenters. The highest BCUT2D eigenvalue weighted by Gasteiger charge is 2.22. The van der Waals surface area contributed by atoms with Crippen molar-refractivity contribution in [2.24, 2.45) is 16.0 Å². The lowest BCUT2D eigenvalue weighted by Crippen LogP contribution is -2.39. The number of guanidine groups is 1. The third-order valence-corrected chi connectivity index (χ3v) is 5.57. The molecular weight excluding hydrogens is 304 g/mol. The molecule has 1 aliphatic rings. The minimum absolute atomic E-state index is 0.437. The van der Waals surface area contributed by atoms with Crippen molar-refractivity contribution in [3.63, 3.8) is 0 Å². The molecule has 0 aromatic carbocycles. The lowest BCUT2D eigenvalue weighted by Gasteiger charge is -2.18. The molecule has 1 aliphatic heterocycles. The van der Waals surface area contributed by atoms with E-state index in [4.69, 9.17) is 0 Å². The van der Waals surface area contributed by atoms with Gasteiger partial charge in [0.15, 0.2) is 11.0 Å². The summed E-state index contributed by atoms with van der Waals surface area (Å²) in [4.78, 5) is 7.47. The summed E-state index contributed by atoms with van der Waals surface area (Å²) in [5.41, 5.74) is 0. The quantitative estimate of drug-likeness (QED) is 0.683. The van der Waals surface area contributed by atoms with Crippen LogP contribution in [0.15, 0.2) is 21.1 Å². The Kier molecular flexibility index (Phi) is 5.52. The lowest BCUT2D eigenvalue weighted by atomic mass is 10.1. The number of nitrogens with zero attached hydrogens (tertiary/aromatic N) is 3. The first-order valence-corrected chi connectivity index (χ1v) is 9.13. The van der Waals surface area contributed by atoms with Crippen LogP contribution < -0.4 is 4.72 Å². The Labute approximate surface area is 132 Å². The predicted molar refractivity (Wildman–Crippen MR) is 90.3 cm³/mol. The van der Waals surface area contributed by atoms with Crippen LogP contribution in [-0.4, -0.2) is 34.5 Å². The minimum Gasteiger partial charge on any atom is -0.270 e. The number of hydrazone groups is 1. The lowest BCUT2D eigenvalue weighted by molar-refractivity contribution is 0.431. The standard InChI is InChI=1S/C14H22N4OS2/c1-5-12-8-16-18(9-12)14(15-6-2)17-21(19)13-7-10(3)20-11(13)4/h7-8,12H,5-6,9H2,1-4H3,(H,15,17). The smallest absolute Gasteiger partial charge is 0.227 e. The van der Waals surface area contributed by atoms with E-state index in [0.717, 1.165) is 27.6 Å². The molecule has 2 atom stereocenters. The number of nitrogens with one attached hydrogen (secondary N) is 1. The molecule has 5 nitrogen and oxygen atoms in total. The Balaban J connectivity index is 2.11. The van der Waals surface area contributed by atoms with Crippen molar-refractivity contribution in [1.29, 1.82) is 0 Å². The van der Waals surface area contributed by atoms with E-state index in [9.17, 15) is 4.21 Å². The maximum Gasteiger partial charge on any atom is 0.227 e. The Bertz CT molecular complexity index is 580. The van der Waals surface area contributed by atoms with Crippen LogP contribution in [0.5, 0.6) is 0 Å². The van der Waals surface area contributed by atoms with Crippen molar-refractivity contribution in [3.05, 3.63) is 15.8 Å². The van der Waals surface area contributed by atoms with E-state index in [1.54, 1.807) is 11.3 Å². The molecule has 7 heteroatoms. The van der Waals surface area contributed by atoms with Gasteiger partial charge in [-0.05, 0) is 33.3 Å². The molecule has 21 heavy (non-hydrogen) atoms. The van der Waals surface area contributed by atoms with Gasteiger partial charge >= 0.3 is 0 Å². The molecule has 2 heterocycles. The molecule has 0 amide bonds. The highest BCUT2D eigenvalue weighted by atomic mass is 32.2. The summed E-state index contributed by atoms with van der Waals surface area (Å²) in [5.74, 6) is 1.03. The van der Waals surface area contributed by atoms with E-state index in [1.807, 2.05) is 38.1 Å². The summed E-state index contributed by atoms with van der Waals surface area (Å²) in [6.07, 6.45) is 2.99. The summed E-state index contributed by atoms with van der Waals surface area (Å²) in [6, 6.07) is 1.97. The molecule has 0 aliphatic carbocycles. The number of aliphatic imine (C=N–C) groups is 1. The molecule has 2 rings (SSSR count). The second-order valence-corrected chi connectivity index (χ2v) is 7.60. The zero-order chi connectivity index (χ0) is 15.4. The van der Waals surface area contributed by atoms with Crippen molar-refractivity contribution in [1.82, 2.24) is 9.73 Å². The van der Waals surface area contributed by atoms with Gasteiger partial charge in [0, 0.05) is 28.4 Å². The normalized spacial score (nSPS) is 20.1. The van der Waals surface area contributed by atoms with Gasteiger partial charge in [-0.1, -0.05) is 6.92 Å². The summed E-state index contributed by atoms with van der Waals surface area (Å²) in [6.45, 7) is 9.53. The molecule has 0 saturated heterocycles. The van der Waals surface area contributed by atoms with Gasteiger partial charge in [-0.3, -0.25) is 9.71 Å². The molecule has 1 aromatic rings. The van der Waals surface area contributed by atoms with Gasteiger partial charge < -0.3 is 0 Å². The molecule has 0 saturated carbocycles. The van der Waals surface area contributed by atoms with Gasteiger partial charge in [-0.15, -0.1) is 11.3 Å². The highest BCUT2D eigenvalue weighted by Crippen LogP contribution is 2.23. The second kappa shape index (κ2) is 7.17. The average molecular weight is 326 g/mol. The van der Waals surface area contributed by atoms with Gasteiger partial charge in [0.2, 0.25) is 5.96 Å². The third-order valence-electron chi connectivity index (χ3n) is 3.28. The molecule has 1 N–H and O–H groups in total. The second-order valence-electron chi connectivity index (χ2n) is 4.96. The van der Waals surface area contributed by atoms with Crippen molar-refractivity contribution in [2.45, 2.75) is 39.0 Å². The minimum atomic E-state index is -1.30. The van der Waals surface area contributed by atoms with Crippen LogP contribution >= 0.6 is 11.3 Å². The van der Waals surface area contributed by atoms with Crippen LogP contribution in [0.2, 0.25) is 0 Å². The zero-order valence-electron chi connectivity index (χ0n) is 12.9. The first-order valence-electron chi connectivity index (χ1n) is 7.16. The number of thiophene rings is 1. The molecule has 0 spiro atoms. The first kappa shape index (κ1) is 16.2. The predicted octanol–water partition coefficient (Wildman–Crippen LogP) is 2.68. The van der Waals surface area contributed by atoms with E-state index in [0.29, 0.717) is 18.4 Å².